The number of carbonyl (C=O) groups is 1. The minimum absolute atomic E-state index is 0.0840. The molecule has 5 nitrogen and oxygen atoms in total. The first kappa shape index (κ1) is 37.4. The molecule has 0 amide bonds. The van der Waals surface area contributed by atoms with Crippen LogP contribution in [0, 0.1) is 51.2 Å². The number of fused-ring (bicyclic) bond motifs is 7. The van der Waals surface area contributed by atoms with Gasteiger partial charge >= 0.3 is 0 Å². The predicted octanol–water partition coefficient (Wildman–Crippen LogP) is 9.63. The molecule has 1 saturated heterocycles. The van der Waals surface area contributed by atoms with Gasteiger partial charge in [-0.2, -0.15) is 0 Å². The highest BCUT2D eigenvalue weighted by Gasteiger charge is 2.70. The molecule has 0 unspecified atom stereocenters. The van der Waals surface area contributed by atoms with Crippen LogP contribution in [-0.4, -0.2) is 66.6 Å². The monoisotopic (exact) mass is 698 g/mol. The summed E-state index contributed by atoms with van der Waals surface area (Å²) in [5.74, 6) is 4.11. The van der Waals surface area contributed by atoms with E-state index in [1.807, 2.05) is 12.1 Å². The first-order valence-electron chi connectivity index (χ1n) is 20.8. The summed E-state index contributed by atoms with van der Waals surface area (Å²) in [5.41, 5.74) is 5.80. The topological polar surface area (TPSA) is 44.8 Å². The fourth-order valence-electron chi connectivity index (χ4n) is 14.4. The third-order valence-corrected chi connectivity index (χ3v) is 17.2. The van der Waals surface area contributed by atoms with E-state index in [-0.39, 0.29) is 16.5 Å². The van der Waals surface area contributed by atoms with E-state index >= 15 is 0 Å². The van der Waals surface area contributed by atoms with Gasteiger partial charge in [0.1, 0.15) is 5.75 Å². The lowest BCUT2D eigenvalue weighted by atomic mass is 9.33. The molecule has 5 aliphatic carbocycles. The standard InChI is InChI=1S/C46H71N3O2/c1-32(2)35-17-22-46(47-25-26-48-27-29-49(30-28-48)41(3,4)5)24-23-44(9)37(40(35)46)15-16-39-43(8)20-18-36(33-11-13-34(14-12-33)51-31-50)42(6,7)38(43)19-21-45(39,44)10/h11-14,18,31,35,37-40,47H,1,15-17,19-30H2,2-10H3/t35-,37+,38-,39+,40+,43-,44+,45+,46-/m0/s1. The minimum atomic E-state index is 0.0840. The number of nitrogens with zero attached hydrogens (tertiary/aromatic N) is 2. The number of piperazine rings is 1. The average Bonchev–Trinajstić information content (AvgIpc) is 3.45. The van der Waals surface area contributed by atoms with Gasteiger partial charge in [0.05, 0.1) is 0 Å². The Bertz CT molecular complexity index is 1500. The van der Waals surface area contributed by atoms with Crippen LogP contribution in [0.1, 0.15) is 126 Å². The van der Waals surface area contributed by atoms with Gasteiger partial charge in [-0.3, -0.25) is 14.6 Å². The maximum atomic E-state index is 10.9. The Kier molecular flexibility index (Phi) is 9.61. The predicted molar refractivity (Wildman–Crippen MR) is 212 cm³/mol. The van der Waals surface area contributed by atoms with Gasteiger partial charge in [-0.1, -0.05) is 65.0 Å². The van der Waals surface area contributed by atoms with Crippen LogP contribution >= 0.6 is 0 Å². The minimum Gasteiger partial charge on any atom is -0.429 e. The Balaban J connectivity index is 1.11. The maximum absolute atomic E-state index is 10.9. The Morgan fingerprint density at radius 3 is 2.25 bits per heavy atom. The number of benzene rings is 1. The average molecular weight is 698 g/mol. The van der Waals surface area contributed by atoms with Gasteiger partial charge in [0.2, 0.25) is 0 Å². The molecule has 1 N–H and O–H groups in total. The lowest BCUT2D eigenvalue weighted by Gasteiger charge is -2.72. The Morgan fingerprint density at radius 1 is 0.902 bits per heavy atom. The molecular weight excluding hydrogens is 627 g/mol. The van der Waals surface area contributed by atoms with Gasteiger partial charge in [-0.15, -0.1) is 0 Å². The zero-order valence-corrected chi connectivity index (χ0v) is 33.9. The largest absolute Gasteiger partial charge is 0.429 e. The van der Waals surface area contributed by atoms with E-state index in [0.29, 0.717) is 46.2 Å². The molecule has 1 aromatic rings. The number of carbonyl (C=O) groups excluding carboxylic acids is 1. The first-order chi connectivity index (χ1) is 24.0. The van der Waals surface area contributed by atoms with E-state index < -0.39 is 0 Å². The molecule has 282 valence electrons. The summed E-state index contributed by atoms with van der Waals surface area (Å²) < 4.78 is 5.12. The van der Waals surface area contributed by atoms with Crippen molar-refractivity contribution in [3.8, 4) is 5.75 Å². The normalized spacial score (nSPS) is 41.0. The molecule has 1 heterocycles. The number of allylic oxidation sites excluding steroid dienone is 3. The van der Waals surface area contributed by atoms with Crippen molar-refractivity contribution in [1.82, 2.24) is 15.1 Å². The van der Waals surface area contributed by atoms with Crippen LogP contribution in [0.5, 0.6) is 5.75 Å². The van der Waals surface area contributed by atoms with Crippen LogP contribution in [0.3, 0.4) is 0 Å². The van der Waals surface area contributed by atoms with Gasteiger partial charge < -0.3 is 10.1 Å². The second-order valence-electron chi connectivity index (χ2n) is 20.6. The summed E-state index contributed by atoms with van der Waals surface area (Å²) in [6.45, 7) is 34.9. The summed E-state index contributed by atoms with van der Waals surface area (Å²) in [6, 6.07) is 8.20. The highest BCUT2D eigenvalue weighted by molar-refractivity contribution is 5.72. The second-order valence-corrected chi connectivity index (χ2v) is 20.6. The fraction of sp³-hybridized carbons (Fsp3) is 0.761. The Hall–Kier alpha value is -1.95. The molecule has 5 fully saturated rings. The van der Waals surface area contributed by atoms with Gasteiger partial charge in [-0.25, -0.2) is 0 Å². The molecule has 0 radical (unpaired) electrons. The van der Waals surface area contributed by atoms with Gasteiger partial charge in [-0.05, 0) is 160 Å². The number of rotatable bonds is 8. The molecule has 0 bridgehead atoms. The smallest absolute Gasteiger partial charge is 0.298 e. The van der Waals surface area contributed by atoms with E-state index in [4.69, 9.17) is 4.74 Å². The number of ether oxygens (including phenoxy) is 1. The van der Waals surface area contributed by atoms with Crippen molar-refractivity contribution in [2.24, 2.45) is 51.2 Å². The van der Waals surface area contributed by atoms with Crippen molar-refractivity contribution in [1.29, 1.82) is 0 Å². The van der Waals surface area contributed by atoms with Crippen LogP contribution in [0.15, 0.2) is 42.5 Å². The van der Waals surface area contributed by atoms with Crippen LogP contribution in [0.4, 0.5) is 0 Å². The highest BCUT2D eigenvalue weighted by Crippen LogP contribution is 2.76. The Morgan fingerprint density at radius 2 is 1.61 bits per heavy atom. The third-order valence-electron chi connectivity index (χ3n) is 17.2. The van der Waals surface area contributed by atoms with Crippen molar-refractivity contribution in [3.05, 3.63) is 48.1 Å². The van der Waals surface area contributed by atoms with Crippen molar-refractivity contribution >= 4 is 12.0 Å². The quantitative estimate of drug-likeness (QED) is 0.217. The fourth-order valence-corrected chi connectivity index (χ4v) is 14.4. The number of hydrogen-bond donors (Lipinski definition) is 1. The molecule has 9 atom stereocenters. The van der Waals surface area contributed by atoms with Crippen LogP contribution in [0.2, 0.25) is 0 Å². The van der Waals surface area contributed by atoms with Crippen molar-refractivity contribution in [2.75, 3.05) is 39.3 Å². The zero-order chi connectivity index (χ0) is 36.6. The molecule has 1 aromatic carbocycles. The summed E-state index contributed by atoms with van der Waals surface area (Å²) in [4.78, 5) is 16.3. The van der Waals surface area contributed by atoms with E-state index in [1.165, 1.54) is 101 Å². The van der Waals surface area contributed by atoms with Gasteiger partial charge in [0, 0.05) is 50.3 Å². The molecule has 0 spiro atoms. The van der Waals surface area contributed by atoms with Gasteiger partial charge in [0.15, 0.2) is 0 Å². The van der Waals surface area contributed by atoms with Crippen molar-refractivity contribution < 1.29 is 9.53 Å². The van der Waals surface area contributed by atoms with Crippen molar-refractivity contribution in [2.45, 2.75) is 131 Å². The van der Waals surface area contributed by atoms with E-state index in [1.54, 1.807) is 0 Å². The van der Waals surface area contributed by atoms with Crippen LogP contribution in [-0.2, 0) is 4.79 Å². The molecule has 4 saturated carbocycles. The lowest BCUT2D eigenvalue weighted by molar-refractivity contribution is -0.219. The van der Waals surface area contributed by atoms with E-state index in [0.717, 1.165) is 24.8 Å². The molecule has 1 aliphatic heterocycles. The summed E-state index contributed by atoms with van der Waals surface area (Å²) >= 11 is 0. The van der Waals surface area contributed by atoms with Crippen LogP contribution < -0.4 is 10.1 Å². The number of hydrogen-bond acceptors (Lipinski definition) is 5. The lowest BCUT2D eigenvalue weighted by Crippen LogP contribution is -2.68. The molecule has 0 aromatic heterocycles. The zero-order valence-electron chi connectivity index (χ0n) is 33.9. The maximum Gasteiger partial charge on any atom is 0.298 e. The van der Waals surface area contributed by atoms with Crippen LogP contribution in [0.25, 0.3) is 5.57 Å². The van der Waals surface area contributed by atoms with E-state index in [9.17, 15) is 4.79 Å². The molecule has 5 heteroatoms. The second kappa shape index (κ2) is 13.1. The van der Waals surface area contributed by atoms with E-state index in [2.05, 4.69) is 102 Å². The molecule has 51 heavy (non-hydrogen) atoms. The van der Waals surface area contributed by atoms with Crippen molar-refractivity contribution in [3.63, 3.8) is 0 Å². The Labute approximate surface area is 311 Å². The number of nitrogens with one attached hydrogen (secondary N) is 1. The summed E-state index contributed by atoms with van der Waals surface area (Å²) in [7, 11) is 0. The molecular formula is C46H71N3O2. The molecule has 7 rings (SSSR count). The van der Waals surface area contributed by atoms with Gasteiger partial charge in [0.25, 0.3) is 6.47 Å². The summed E-state index contributed by atoms with van der Waals surface area (Å²) in [6.07, 6.45) is 14.5. The highest BCUT2D eigenvalue weighted by atomic mass is 16.5. The summed E-state index contributed by atoms with van der Waals surface area (Å²) in [5, 5.41) is 4.37. The first-order valence-corrected chi connectivity index (χ1v) is 20.8. The molecule has 6 aliphatic rings. The SMILES string of the molecule is C=C(C)[C@@H]1CC[C@]2(NCCN3CCN(C(C)(C)C)CC3)CC[C@]3(C)[C@H](CC[C@@H]4[C@@]5(C)CC=C(c6ccc(OC=O)cc6)C(C)(C)[C@@H]5CC[C@]43C)[C@@H]12. The third kappa shape index (κ3) is 5.93.